The van der Waals surface area contributed by atoms with Gasteiger partial charge in [-0.1, -0.05) is 32.4 Å². The summed E-state index contributed by atoms with van der Waals surface area (Å²) in [5.41, 5.74) is 1.12. The van der Waals surface area contributed by atoms with E-state index >= 15 is 0 Å². The normalized spacial score (nSPS) is 14.2. The molecule has 4 nitrogen and oxygen atoms in total. The van der Waals surface area contributed by atoms with E-state index < -0.39 is 0 Å². The minimum Gasteiger partial charge on any atom is -0.310 e. The molecule has 0 aliphatic carbocycles. The molecule has 2 unspecified atom stereocenters. The fourth-order valence-electron chi connectivity index (χ4n) is 2.00. The first kappa shape index (κ1) is 14.6. The molecule has 4 heteroatoms. The number of nitro groups is 1. The van der Waals surface area contributed by atoms with Crippen molar-refractivity contribution >= 4 is 5.69 Å². The first-order valence-corrected chi connectivity index (χ1v) is 6.52. The predicted molar refractivity (Wildman–Crippen MR) is 73.6 cm³/mol. The highest BCUT2D eigenvalue weighted by Gasteiger charge is 2.11. The van der Waals surface area contributed by atoms with E-state index in [1.165, 1.54) is 18.9 Å². The van der Waals surface area contributed by atoms with Crippen LogP contribution in [-0.2, 0) is 0 Å². The summed E-state index contributed by atoms with van der Waals surface area (Å²) in [5.74, 6) is 0.635. The fourth-order valence-corrected chi connectivity index (χ4v) is 2.00. The highest BCUT2D eigenvalue weighted by Crippen LogP contribution is 2.19. The van der Waals surface area contributed by atoms with Crippen LogP contribution in [0.25, 0.3) is 0 Å². The molecule has 1 N–H and O–H groups in total. The Morgan fingerprint density at radius 1 is 1.39 bits per heavy atom. The zero-order valence-corrected chi connectivity index (χ0v) is 11.3. The Morgan fingerprint density at radius 3 is 2.72 bits per heavy atom. The summed E-state index contributed by atoms with van der Waals surface area (Å²) in [4.78, 5) is 10.4. The minimum absolute atomic E-state index is 0.143. The molecule has 0 saturated heterocycles. The number of rotatable bonds is 7. The summed E-state index contributed by atoms with van der Waals surface area (Å²) in [6.45, 7) is 7.38. The van der Waals surface area contributed by atoms with Crippen LogP contribution in [0.15, 0.2) is 24.3 Å². The molecule has 0 fully saturated rings. The number of non-ortho nitro benzene ring substituents is 1. The van der Waals surface area contributed by atoms with Gasteiger partial charge in [0.15, 0.2) is 0 Å². The van der Waals surface area contributed by atoms with Crippen molar-refractivity contribution in [2.45, 2.75) is 39.7 Å². The quantitative estimate of drug-likeness (QED) is 0.593. The number of benzene rings is 1. The molecule has 100 valence electrons. The van der Waals surface area contributed by atoms with Crippen LogP contribution in [0.3, 0.4) is 0 Å². The maximum atomic E-state index is 10.7. The van der Waals surface area contributed by atoms with Crippen molar-refractivity contribution in [1.82, 2.24) is 5.32 Å². The molecule has 1 rings (SSSR count). The van der Waals surface area contributed by atoms with Crippen LogP contribution in [0.1, 0.15) is 45.2 Å². The summed E-state index contributed by atoms with van der Waals surface area (Å²) in [5, 5.41) is 14.1. The second-order valence-electron chi connectivity index (χ2n) is 4.88. The van der Waals surface area contributed by atoms with Crippen molar-refractivity contribution in [3.05, 3.63) is 39.9 Å². The lowest BCUT2D eigenvalue weighted by Gasteiger charge is -2.17. The number of nitrogens with zero attached hydrogens (tertiary/aromatic N) is 1. The summed E-state index contributed by atoms with van der Waals surface area (Å²) in [6, 6.07) is 6.97. The van der Waals surface area contributed by atoms with Crippen LogP contribution in [0.5, 0.6) is 0 Å². The van der Waals surface area contributed by atoms with E-state index in [2.05, 4.69) is 19.2 Å². The van der Waals surface area contributed by atoms with Crippen molar-refractivity contribution in [2.75, 3.05) is 6.54 Å². The average molecular weight is 250 g/mol. The van der Waals surface area contributed by atoms with Crippen LogP contribution in [-0.4, -0.2) is 11.5 Å². The van der Waals surface area contributed by atoms with E-state index in [0.717, 1.165) is 12.1 Å². The second kappa shape index (κ2) is 7.11. The van der Waals surface area contributed by atoms with E-state index in [9.17, 15) is 10.1 Å². The van der Waals surface area contributed by atoms with Crippen LogP contribution in [0.2, 0.25) is 0 Å². The Labute approximate surface area is 109 Å². The van der Waals surface area contributed by atoms with Crippen molar-refractivity contribution in [3.8, 4) is 0 Å². The third kappa shape index (κ3) is 4.45. The molecule has 0 radical (unpaired) electrons. The van der Waals surface area contributed by atoms with Gasteiger partial charge in [-0.2, -0.15) is 0 Å². The molecular weight excluding hydrogens is 228 g/mol. The Hall–Kier alpha value is -1.42. The van der Waals surface area contributed by atoms with Crippen LogP contribution in [0, 0.1) is 16.0 Å². The summed E-state index contributed by atoms with van der Waals surface area (Å²) in [6.07, 6.45) is 2.39. The SMILES string of the molecule is CCCC(C)CNC(C)c1cccc([N+](=O)[O-])c1. The maximum absolute atomic E-state index is 10.7. The smallest absolute Gasteiger partial charge is 0.269 e. The predicted octanol–water partition coefficient (Wildman–Crippen LogP) is 3.68. The van der Waals surface area contributed by atoms with Crippen molar-refractivity contribution in [1.29, 1.82) is 0 Å². The van der Waals surface area contributed by atoms with Gasteiger partial charge < -0.3 is 5.32 Å². The van der Waals surface area contributed by atoms with Gasteiger partial charge in [-0.15, -0.1) is 0 Å². The lowest BCUT2D eigenvalue weighted by atomic mass is 10.0. The van der Waals surface area contributed by atoms with Crippen molar-refractivity contribution in [3.63, 3.8) is 0 Å². The third-order valence-electron chi connectivity index (χ3n) is 3.14. The van der Waals surface area contributed by atoms with Gasteiger partial charge in [-0.3, -0.25) is 10.1 Å². The second-order valence-corrected chi connectivity index (χ2v) is 4.88. The number of nitrogens with one attached hydrogen (secondary N) is 1. The number of nitro benzene ring substituents is 1. The molecule has 0 amide bonds. The molecule has 0 heterocycles. The number of hydrogen-bond donors (Lipinski definition) is 1. The molecule has 0 aliphatic rings. The van der Waals surface area contributed by atoms with Gasteiger partial charge in [0, 0.05) is 18.2 Å². The highest BCUT2D eigenvalue weighted by atomic mass is 16.6. The maximum Gasteiger partial charge on any atom is 0.269 e. The first-order chi connectivity index (χ1) is 8.54. The van der Waals surface area contributed by atoms with Gasteiger partial charge in [-0.25, -0.2) is 0 Å². The summed E-state index contributed by atoms with van der Waals surface area (Å²) in [7, 11) is 0. The van der Waals surface area contributed by atoms with Gasteiger partial charge in [0.2, 0.25) is 0 Å². The van der Waals surface area contributed by atoms with E-state index in [-0.39, 0.29) is 16.7 Å². The van der Waals surface area contributed by atoms with Crippen LogP contribution < -0.4 is 5.32 Å². The average Bonchev–Trinajstić information content (AvgIpc) is 2.36. The molecule has 2 atom stereocenters. The molecule has 0 aromatic heterocycles. The monoisotopic (exact) mass is 250 g/mol. The highest BCUT2D eigenvalue weighted by molar-refractivity contribution is 5.35. The Morgan fingerprint density at radius 2 is 2.11 bits per heavy atom. The molecular formula is C14H22N2O2. The van der Waals surface area contributed by atoms with Gasteiger partial charge >= 0.3 is 0 Å². The molecule has 1 aromatic carbocycles. The van der Waals surface area contributed by atoms with E-state index in [1.54, 1.807) is 12.1 Å². The van der Waals surface area contributed by atoms with E-state index in [4.69, 9.17) is 0 Å². The number of hydrogen-bond acceptors (Lipinski definition) is 3. The van der Waals surface area contributed by atoms with Gasteiger partial charge in [0.1, 0.15) is 0 Å². The molecule has 1 aromatic rings. The van der Waals surface area contributed by atoms with E-state index in [0.29, 0.717) is 5.92 Å². The van der Waals surface area contributed by atoms with Crippen LogP contribution >= 0.6 is 0 Å². The van der Waals surface area contributed by atoms with Gasteiger partial charge in [-0.05, 0) is 31.4 Å². The van der Waals surface area contributed by atoms with Crippen LogP contribution in [0.4, 0.5) is 5.69 Å². The van der Waals surface area contributed by atoms with Gasteiger partial charge in [0.05, 0.1) is 4.92 Å². The lowest BCUT2D eigenvalue weighted by molar-refractivity contribution is -0.384. The molecule has 0 saturated carbocycles. The largest absolute Gasteiger partial charge is 0.310 e. The van der Waals surface area contributed by atoms with E-state index in [1.807, 2.05) is 13.0 Å². The van der Waals surface area contributed by atoms with Gasteiger partial charge in [0.25, 0.3) is 5.69 Å². The molecule has 0 aliphatic heterocycles. The standard InChI is InChI=1S/C14H22N2O2/c1-4-6-11(2)10-15-12(3)13-7-5-8-14(9-13)16(17)18/h5,7-9,11-12,15H,4,6,10H2,1-3H3. The molecule has 18 heavy (non-hydrogen) atoms. The lowest BCUT2D eigenvalue weighted by Crippen LogP contribution is -2.24. The Bertz CT molecular complexity index is 393. The zero-order valence-electron chi connectivity index (χ0n) is 11.3. The first-order valence-electron chi connectivity index (χ1n) is 6.52. The summed E-state index contributed by atoms with van der Waals surface area (Å²) < 4.78 is 0. The molecule has 0 spiro atoms. The topological polar surface area (TPSA) is 55.2 Å². The Balaban J connectivity index is 2.58. The molecule has 0 bridgehead atoms. The van der Waals surface area contributed by atoms with Crippen molar-refractivity contribution in [2.24, 2.45) is 5.92 Å². The Kier molecular flexibility index (Phi) is 5.78. The fraction of sp³-hybridized carbons (Fsp3) is 0.571. The van der Waals surface area contributed by atoms with Crippen molar-refractivity contribution < 1.29 is 4.92 Å². The zero-order chi connectivity index (χ0) is 13.5. The summed E-state index contributed by atoms with van der Waals surface area (Å²) >= 11 is 0. The third-order valence-corrected chi connectivity index (χ3v) is 3.14. The minimum atomic E-state index is -0.351.